The molecule has 0 bridgehead atoms. The molecule has 0 spiro atoms. The number of ether oxygens (including phenoxy) is 2. The highest BCUT2D eigenvalue weighted by atomic mass is 19.4. The van der Waals surface area contributed by atoms with E-state index in [1.54, 1.807) is 12.1 Å². The van der Waals surface area contributed by atoms with Crippen LogP contribution >= 0.6 is 0 Å². The lowest BCUT2D eigenvalue weighted by atomic mass is 9.80. The van der Waals surface area contributed by atoms with Crippen molar-refractivity contribution in [2.75, 3.05) is 13.2 Å². The minimum atomic E-state index is -4.62. The van der Waals surface area contributed by atoms with Crippen LogP contribution in [-0.2, 0) is 11.2 Å². The lowest BCUT2D eigenvalue weighted by Gasteiger charge is -2.28. The van der Waals surface area contributed by atoms with Gasteiger partial charge < -0.3 is 9.47 Å². The molecule has 0 heterocycles. The van der Waals surface area contributed by atoms with Crippen LogP contribution < -0.4 is 4.74 Å². The largest absolute Gasteiger partial charge is 0.573 e. The van der Waals surface area contributed by atoms with Gasteiger partial charge in [0.25, 0.3) is 0 Å². The zero-order chi connectivity index (χ0) is 17.4. The third-order valence-electron chi connectivity index (χ3n) is 4.67. The molecule has 2 rings (SSSR count). The average Bonchev–Trinajstić information content (AvgIpc) is 2.54. The summed E-state index contributed by atoms with van der Waals surface area (Å²) < 4.78 is 45.9. The van der Waals surface area contributed by atoms with Gasteiger partial charge in [-0.15, -0.1) is 13.2 Å². The summed E-state index contributed by atoms with van der Waals surface area (Å²) in [6.07, 6.45) is 3.38. The van der Waals surface area contributed by atoms with E-state index in [9.17, 15) is 13.2 Å². The van der Waals surface area contributed by atoms with Gasteiger partial charge >= 0.3 is 6.36 Å². The Morgan fingerprint density at radius 1 is 1.00 bits per heavy atom. The first kappa shape index (κ1) is 19.1. The van der Waals surface area contributed by atoms with E-state index in [1.165, 1.54) is 37.8 Å². The minimum absolute atomic E-state index is 0.154. The molecule has 0 unspecified atom stereocenters. The number of hydrogen-bond acceptors (Lipinski definition) is 2. The van der Waals surface area contributed by atoms with Crippen LogP contribution in [0.25, 0.3) is 0 Å². The number of hydrogen-bond donors (Lipinski definition) is 0. The number of halogens is 3. The van der Waals surface area contributed by atoms with Crippen molar-refractivity contribution >= 4 is 0 Å². The maximum Gasteiger partial charge on any atom is 0.573 e. The van der Waals surface area contributed by atoms with Gasteiger partial charge in [-0.1, -0.05) is 31.9 Å². The summed E-state index contributed by atoms with van der Waals surface area (Å²) in [5.41, 5.74) is 1.07. The predicted molar refractivity (Wildman–Crippen MR) is 88.0 cm³/mol. The molecule has 1 aliphatic rings. The molecule has 0 saturated heterocycles. The Morgan fingerprint density at radius 3 is 2.21 bits per heavy atom. The number of benzene rings is 1. The summed E-state index contributed by atoms with van der Waals surface area (Å²) in [6.45, 7) is 3.87. The Hall–Kier alpha value is -1.23. The summed E-state index contributed by atoms with van der Waals surface area (Å²) >= 11 is 0. The van der Waals surface area contributed by atoms with E-state index in [4.69, 9.17) is 4.74 Å². The zero-order valence-corrected chi connectivity index (χ0v) is 14.3. The molecule has 0 aliphatic heterocycles. The number of aryl methyl sites for hydroxylation is 1. The van der Waals surface area contributed by atoms with Crippen LogP contribution in [-0.4, -0.2) is 19.6 Å². The Kier molecular flexibility index (Phi) is 7.40. The molecule has 0 atom stereocenters. The maximum absolute atomic E-state index is 12.1. The number of alkyl halides is 3. The Labute approximate surface area is 142 Å². The highest BCUT2D eigenvalue weighted by Gasteiger charge is 2.31. The van der Waals surface area contributed by atoms with Crippen molar-refractivity contribution in [1.82, 2.24) is 0 Å². The summed E-state index contributed by atoms with van der Waals surface area (Å²) in [7, 11) is 0. The second-order valence-corrected chi connectivity index (χ2v) is 6.69. The molecule has 0 amide bonds. The molecular formula is C19H27F3O2. The van der Waals surface area contributed by atoms with Crippen molar-refractivity contribution in [3.05, 3.63) is 29.8 Å². The van der Waals surface area contributed by atoms with Gasteiger partial charge in [0.05, 0.1) is 0 Å². The molecule has 0 aromatic heterocycles. The van der Waals surface area contributed by atoms with Gasteiger partial charge in [0, 0.05) is 13.2 Å². The van der Waals surface area contributed by atoms with Gasteiger partial charge in [0.1, 0.15) is 5.75 Å². The van der Waals surface area contributed by atoms with Gasteiger partial charge in [0.2, 0.25) is 0 Å². The fourth-order valence-corrected chi connectivity index (χ4v) is 3.31. The summed E-state index contributed by atoms with van der Waals surface area (Å²) in [5.74, 6) is 1.27. The molecule has 2 nitrogen and oxygen atoms in total. The van der Waals surface area contributed by atoms with Crippen LogP contribution in [0.15, 0.2) is 24.3 Å². The highest BCUT2D eigenvalue weighted by molar-refractivity contribution is 5.27. The molecular weight excluding hydrogens is 317 g/mol. The van der Waals surface area contributed by atoms with Crippen LogP contribution in [0.2, 0.25) is 0 Å². The molecule has 1 aromatic carbocycles. The average molecular weight is 344 g/mol. The maximum atomic E-state index is 12.1. The van der Waals surface area contributed by atoms with E-state index >= 15 is 0 Å². The first-order chi connectivity index (χ1) is 11.5. The normalized spacial score (nSPS) is 21.7. The molecule has 5 heteroatoms. The summed E-state index contributed by atoms with van der Waals surface area (Å²) in [5, 5.41) is 0. The first-order valence-electron chi connectivity index (χ1n) is 8.88. The van der Waals surface area contributed by atoms with Gasteiger partial charge in [-0.25, -0.2) is 0 Å². The Bertz CT molecular complexity index is 462. The van der Waals surface area contributed by atoms with Crippen molar-refractivity contribution < 1.29 is 22.6 Å². The zero-order valence-electron chi connectivity index (χ0n) is 14.3. The molecule has 1 saturated carbocycles. The van der Waals surface area contributed by atoms with Crippen molar-refractivity contribution in [3.8, 4) is 5.75 Å². The van der Waals surface area contributed by atoms with Crippen LogP contribution in [0.3, 0.4) is 0 Å². The minimum Gasteiger partial charge on any atom is -0.406 e. The van der Waals surface area contributed by atoms with Crippen LogP contribution in [0.4, 0.5) is 13.2 Å². The second-order valence-electron chi connectivity index (χ2n) is 6.69. The van der Waals surface area contributed by atoms with E-state index in [-0.39, 0.29) is 5.75 Å². The quantitative estimate of drug-likeness (QED) is 0.559. The van der Waals surface area contributed by atoms with E-state index < -0.39 is 6.36 Å². The van der Waals surface area contributed by atoms with Crippen LogP contribution in [0.1, 0.15) is 51.0 Å². The SMILES string of the molecule is CCCOCC1CCC(CCc2ccc(OC(F)(F)F)cc2)CC1. The third-order valence-corrected chi connectivity index (χ3v) is 4.67. The van der Waals surface area contributed by atoms with Gasteiger partial charge in [-0.3, -0.25) is 0 Å². The van der Waals surface area contributed by atoms with Crippen molar-refractivity contribution in [2.24, 2.45) is 11.8 Å². The molecule has 0 N–H and O–H groups in total. The molecule has 1 aromatic rings. The lowest BCUT2D eigenvalue weighted by molar-refractivity contribution is -0.274. The molecule has 136 valence electrons. The van der Waals surface area contributed by atoms with Crippen molar-refractivity contribution in [3.63, 3.8) is 0 Å². The summed E-state index contributed by atoms with van der Waals surface area (Å²) in [4.78, 5) is 0. The van der Waals surface area contributed by atoms with E-state index in [1.807, 2.05) is 0 Å². The second kappa shape index (κ2) is 9.30. The van der Waals surface area contributed by atoms with Crippen molar-refractivity contribution in [2.45, 2.75) is 58.2 Å². The number of rotatable bonds is 8. The Balaban J connectivity index is 1.67. The molecule has 1 aliphatic carbocycles. The van der Waals surface area contributed by atoms with E-state index in [0.717, 1.165) is 44.0 Å². The molecule has 24 heavy (non-hydrogen) atoms. The predicted octanol–water partition coefficient (Wildman–Crippen LogP) is 5.75. The Morgan fingerprint density at radius 2 is 1.62 bits per heavy atom. The molecule has 1 fully saturated rings. The fourth-order valence-electron chi connectivity index (χ4n) is 3.31. The van der Waals surface area contributed by atoms with E-state index in [2.05, 4.69) is 11.7 Å². The van der Waals surface area contributed by atoms with Crippen LogP contribution in [0, 0.1) is 11.8 Å². The smallest absolute Gasteiger partial charge is 0.406 e. The van der Waals surface area contributed by atoms with Gasteiger partial charge in [-0.2, -0.15) is 0 Å². The van der Waals surface area contributed by atoms with Crippen molar-refractivity contribution in [1.29, 1.82) is 0 Å². The molecule has 0 radical (unpaired) electrons. The standard InChI is InChI=1S/C19H27F3O2/c1-2-13-23-14-17-7-5-15(6-8-17)3-4-16-9-11-18(12-10-16)24-19(20,21)22/h9-12,15,17H,2-8,13-14H2,1H3. The summed E-state index contributed by atoms with van der Waals surface area (Å²) in [6, 6.07) is 6.24. The topological polar surface area (TPSA) is 18.5 Å². The first-order valence-corrected chi connectivity index (χ1v) is 8.88. The van der Waals surface area contributed by atoms with E-state index in [0.29, 0.717) is 5.92 Å². The third kappa shape index (κ3) is 7.12. The monoisotopic (exact) mass is 344 g/mol. The lowest BCUT2D eigenvalue weighted by Crippen LogP contribution is -2.19. The fraction of sp³-hybridized carbons (Fsp3) is 0.684. The van der Waals surface area contributed by atoms with Gasteiger partial charge in [-0.05, 0) is 61.6 Å². The van der Waals surface area contributed by atoms with Gasteiger partial charge in [0.15, 0.2) is 0 Å². The highest BCUT2D eigenvalue weighted by Crippen LogP contribution is 2.32. The van der Waals surface area contributed by atoms with Crippen LogP contribution in [0.5, 0.6) is 5.75 Å².